The number of halogens is 1. The summed E-state index contributed by atoms with van der Waals surface area (Å²) >= 11 is 5.87. The first kappa shape index (κ1) is 14.5. The largest absolute Gasteiger partial charge is 0.344 e. The molecule has 2 heterocycles. The lowest BCUT2D eigenvalue weighted by Crippen LogP contribution is -2.27. The number of hydrogen-bond donors (Lipinski definition) is 1. The second-order valence-corrected chi connectivity index (χ2v) is 5.45. The Balaban J connectivity index is 1.79. The van der Waals surface area contributed by atoms with Gasteiger partial charge >= 0.3 is 0 Å². The number of amides is 1. The molecule has 0 saturated carbocycles. The molecule has 0 bridgehead atoms. The Morgan fingerprint density at radius 2 is 1.91 bits per heavy atom. The van der Waals surface area contributed by atoms with Gasteiger partial charge in [0, 0.05) is 22.8 Å². The van der Waals surface area contributed by atoms with Crippen molar-refractivity contribution in [1.29, 1.82) is 0 Å². The Kier molecular flexibility index (Phi) is 4.02. The second-order valence-electron chi connectivity index (χ2n) is 5.01. The molecule has 110 valence electrons. The van der Waals surface area contributed by atoms with Gasteiger partial charge < -0.3 is 5.32 Å². The summed E-state index contributed by atoms with van der Waals surface area (Å²) < 4.78 is 0. The Labute approximate surface area is 133 Å². The van der Waals surface area contributed by atoms with Gasteiger partial charge in [-0.3, -0.25) is 9.78 Å². The van der Waals surface area contributed by atoms with Crippen molar-refractivity contribution in [2.24, 2.45) is 0 Å². The van der Waals surface area contributed by atoms with E-state index < -0.39 is 0 Å². The van der Waals surface area contributed by atoms with Gasteiger partial charge in [0.2, 0.25) is 0 Å². The van der Waals surface area contributed by atoms with Crippen LogP contribution in [0.1, 0.15) is 29.0 Å². The van der Waals surface area contributed by atoms with Crippen molar-refractivity contribution in [2.75, 3.05) is 0 Å². The van der Waals surface area contributed by atoms with Gasteiger partial charge in [-0.1, -0.05) is 23.7 Å². The summed E-state index contributed by atoms with van der Waals surface area (Å²) in [5.41, 5.74) is 2.13. The SMILES string of the molecule is C[C@@H](NC(=O)c1ccc2cnccc2n1)c1ccc(Cl)cc1. The minimum Gasteiger partial charge on any atom is -0.344 e. The molecule has 0 aliphatic heterocycles. The van der Waals surface area contributed by atoms with E-state index in [1.807, 2.05) is 25.1 Å². The maximum atomic E-state index is 12.3. The summed E-state index contributed by atoms with van der Waals surface area (Å²) in [6, 6.07) is 12.6. The molecule has 0 spiro atoms. The van der Waals surface area contributed by atoms with Crippen LogP contribution in [0.4, 0.5) is 0 Å². The quantitative estimate of drug-likeness (QED) is 0.801. The highest BCUT2D eigenvalue weighted by atomic mass is 35.5. The highest BCUT2D eigenvalue weighted by Crippen LogP contribution is 2.17. The topological polar surface area (TPSA) is 54.9 Å². The minimum absolute atomic E-state index is 0.125. The van der Waals surface area contributed by atoms with Crippen molar-refractivity contribution in [3.8, 4) is 0 Å². The van der Waals surface area contributed by atoms with Gasteiger partial charge in [0.15, 0.2) is 0 Å². The first-order valence-corrected chi connectivity index (χ1v) is 7.28. The number of benzene rings is 1. The van der Waals surface area contributed by atoms with Crippen molar-refractivity contribution < 1.29 is 4.79 Å². The number of rotatable bonds is 3. The summed E-state index contributed by atoms with van der Waals surface area (Å²) in [6.07, 6.45) is 3.38. The molecule has 1 amide bonds. The molecule has 1 atom stereocenters. The minimum atomic E-state index is -0.207. The number of nitrogens with zero attached hydrogens (tertiary/aromatic N) is 2. The fraction of sp³-hybridized carbons (Fsp3) is 0.118. The molecule has 0 unspecified atom stereocenters. The lowest BCUT2D eigenvalue weighted by molar-refractivity contribution is 0.0935. The number of pyridine rings is 2. The van der Waals surface area contributed by atoms with Crippen LogP contribution in [0.5, 0.6) is 0 Å². The molecular formula is C17H14ClN3O. The van der Waals surface area contributed by atoms with Crippen LogP contribution < -0.4 is 5.32 Å². The van der Waals surface area contributed by atoms with E-state index >= 15 is 0 Å². The van der Waals surface area contributed by atoms with Crippen LogP contribution in [0.25, 0.3) is 10.9 Å². The summed E-state index contributed by atoms with van der Waals surface area (Å²) in [7, 11) is 0. The predicted molar refractivity (Wildman–Crippen MR) is 86.9 cm³/mol. The fourth-order valence-corrected chi connectivity index (χ4v) is 2.32. The molecule has 0 aliphatic carbocycles. The Hall–Kier alpha value is -2.46. The van der Waals surface area contributed by atoms with Gasteiger partial charge in [-0.25, -0.2) is 4.98 Å². The number of aromatic nitrogens is 2. The monoisotopic (exact) mass is 311 g/mol. The molecule has 3 rings (SSSR count). The van der Waals surface area contributed by atoms with Crippen molar-refractivity contribution in [2.45, 2.75) is 13.0 Å². The third-order valence-corrected chi connectivity index (χ3v) is 3.69. The van der Waals surface area contributed by atoms with Crippen molar-refractivity contribution in [3.63, 3.8) is 0 Å². The van der Waals surface area contributed by atoms with E-state index in [2.05, 4.69) is 15.3 Å². The van der Waals surface area contributed by atoms with E-state index in [0.717, 1.165) is 16.5 Å². The van der Waals surface area contributed by atoms with E-state index in [0.29, 0.717) is 10.7 Å². The van der Waals surface area contributed by atoms with Gasteiger partial charge in [0.05, 0.1) is 11.6 Å². The highest BCUT2D eigenvalue weighted by Gasteiger charge is 2.13. The summed E-state index contributed by atoms with van der Waals surface area (Å²) in [6.45, 7) is 1.92. The molecule has 4 nitrogen and oxygen atoms in total. The molecule has 0 saturated heterocycles. The van der Waals surface area contributed by atoms with Crippen LogP contribution in [0.2, 0.25) is 5.02 Å². The van der Waals surface area contributed by atoms with Crippen molar-refractivity contribution in [1.82, 2.24) is 15.3 Å². The first-order chi connectivity index (χ1) is 10.6. The summed E-state index contributed by atoms with van der Waals surface area (Å²) in [5.74, 6) is -0.207. The third-order valence-electron chi connectivity index (χ3n) is 3.44. The van der Waals surface area contributed by atoms with Crippen molar-refractivity contribution >= 4 is 28.4 Å². The number of carbonyl (C=O) groups excluding carboxylic acids is 1. The highest BCUT2D eigenvalue weighted by molar-refractivity contribution is 6.30. The maximum absolute atomic E-state index is 12.3. The van der Waals surface area contributed by atoms with Crippen LogP contribution in [0.15, 0.2) is 54.9 Å². The van der Waals surface area contributed by atoms with Crippen LogP contribution >= 0.6 is 11.6 Å². The average molecular weight is 312 g/mol. The Morgan fingerprint density at radius 3 is 2.68 bits per heavy atom. The molecule has 0 radical (unpaired) electrons. The molecule has 0 aliphatic rings. The zero-order chi connectivity index (χ0) is 15.5. The predicted octanol–water partition coefficient (Wildman–Crippen LogP) is 3.77. The zero-order valence-electron chi connectivity index (χ0n) is 12.0. The van der Waals surface area contributed by atoms with E-state index in [1.165, 1.54) is 0 Å². The smallest absolute Gasteiger partial charge is 0.270 e. The summed E-state index contributed by atoms with van der Waals surface area (Å²) in [5, 5.41) is 4.52. The van der Waals surface area contributed by atoms with Gasteiger partial charge in [-0.2, -0.15) is 0 Å². The number of hydrogen-bond acceptors (Lipinski definition) is 3. The molecular weight excluding hydrogens is 298 g/mol. The van der Waals surface area contributed by atoms with Crippen molar-refractivity contribution in [3.05, 3.63) is 71.1 Å². The molecule has 3 aromatic rings. The normalized spacial score (nSPS) is 12.1. The molecule has 2 aromatic heterocycles. The lowest BCUT2D eigenvalue weighted by atomic mass is 10.1. The fourth-order valence-electron chi connectivity index (χ4n) is 2.20. The molecule has 1 N–H and O–H groups in total. The third kappa shape index (κ3) is 3.07. The van der Waals surface area contributed by atoms with E-state index in [1.54, 1.807) is 36.7 Å². The van der Waals surface area contributed by atoms with E-state index in [4.69, 9.17) is 11.6 Å². The van der Waals surface area contributed by atoms with Gasteiger partial charge in [-0.05, 0) is 42.8 Å². The molecule has 22 heavy (non-hydrogen) atoms. The Morgan fingerprint density at radius 1 is 1.14 bits per heavy atom. The average Bonchev–Trinajstić information content (AvgIpc) is 2.55. The van der Waals surface area contributed by atoms with Crippen LogP contribution in [-0.2, 0) is 0 Å². The lowest BCUT2D eigenvalue weighted by Gasteiger charge is -2.14. The Bertz CT molecular complexity index is 818. The van der Waals surface area contributed by atoms with Crippen LogP contribution in [0, 0.1) is 0 Å². The van der Waals surface area contributed by atoms with Gasteiger partial charge in [0.1, 0.15) is 5.69 Å². The number of fused-ring (bicyclic) bond motifs is 1. The number of nitrogens with one attached hydrogen (secondary N) is 1. The van der Waals surface area contributed by atoms with Gasteiger partial charge in [-0.15, -0.1) is 0 Å². The molecule has 1 aromatic carbocycles. The maximum Gasteiger partial charge on any atom is 0.270 e. The van der Waals surface area contributed by atoms with Crippen LogP contribution in [-0.4, -0.2) is 15.9 Å². The molecule has 0 fully saturated rings. The van der Waals surface area contributed by atoms with Gasteiger partial charge in [0.25, 0.3) is 5.91 Å². The number of carbonyl (C=O) groups is 1. The van der Waals surface area contributed by atoms with E-state index in [9.17, 15) is 4.79 Å². The second kappa shape index (κ2) is 6.12. The first-order valence-electron chi connectivity index (χ1n) is 6.90. The molecule has 5 heteroatoms. The summed E-state index contributed by atoms with van der Waals surface area (Å²) in [4.78, 5) is 20.7. The zero-order valence-corrected chi connectivity index (χ0v) is 12.7. The van der Waals surface area contributed by atoms with E-state index in [-0.39, 0.29) is 11.9 Å². The standard InChI is InChI=1S/C17H14ClN3O/c1-11(12-2-5-14(18)6-3-12)20-17(22)16-7-4-13-10-19-9-8-15(13)21-16/h2-11H,1H3,(H,20,22)/t11-/m1/s1. The van der Waals surface area contributed by atoms with Crippen LogP contribution in [0.3, 0.4) is 0 Å².